The average molecular weight is 482 g/mol. The summed E-state index contributed by atoms with van der Waals surface area (Å²) in [6, 6.07) is 13.7. The number of hydrogen-bond acceptors (Lipinski definition) is 7. The van der Waals surface area contributed by atoms with E-state index in [1.165, 1.54) is 23.1 Å². The summed E-state index contributed by atoms with van der Waals surface area (Å²) in [6.07, 6.45) is 0.385. The quantitative estimate of drug-likeness (QED) is 0.140. The van der Waals surface area contributed by atoms with E-state index in [2.05, 4.69) is 0 Å². The van der Waals surface area contributed by atoms with Crippen molar-refractivity contribution < 1.29 is 33.8 Å². The lowest BCUT2D eigenvalue weighted by Crippen LogP contribution is -2.55. The Kier molecular flexibility index (Phi) is 8.38. The molecule has 0 atom stereocenters. The fourth-order valence-corrected chi connectivity index (χ4v) is 3.48. The Bertz CT molecular complexity index is 1120. The summed E-state index contributed by atoms with van der Waals surface area (Å²) in [5, 5.41) is 16.6. The van der Waals surface area contributed by atoms with Crippen LogP contribution in [0.1, 0.15) is 27.9 Å². The second kappa shape index (κ2) is 11.6. The number of aliphatic carboxylic acids is 1. The number of benzene rings is 2. The van der Waals surface area contributed by atoms with E-state index in [0.29, 0.717) is 12.2 Å². The number of ether oxygens (including phenoxy) is 2. The molecule has 0 saturated carbocycles. The number of amides is 2. The van der Waals surface area contributed by atoms with Gasteiger partial charge in [-0.25, -0.2) is 4.79 Å². The van der Waals surface area contributed by atoms with Crippen LogP contribution >= 0.6 is 0 Å². The van der Waals surface area contributed by atoms with Crippen molar-refractivity contribution >= 4 is 29.6 Å². The van der Waals surface area contributed by atoms with Crippen LogP contribution in [-0.2, 0) is 25.7 Å². The molecule has 11 heteroatoms. The van der Waals surface area contributed by atoms with Gasteiger partial charge >= 0.3 is 23.8 Å². The van der Waals surface area contributed by atoms with E-state index in [0.717, 1.165) is 10.5 Å². The highest BCUT2D eigenvalue weighted by atomic mass is 16.5. The Balaban J connectivity index is 1.52. The Morgan fingerprint density at radius 1 is 1.03 bits per heavy atom. The monoisotopic (exact) mass is 482 g/mol. The zero-order chi connectivity index (χ0) is 25.4. The summed E-state index contributed by atoms with van der Waals surface area (Å²) >= 11 is 0. The molecule has 1 aliphatic rings. The molecule has 3 rings (SSSR count). The van der Waals surface area contributed by atoms with Gasteiger partial charge in [0, 0.05) is 19.6 Å². The van der Waals surface area contributed by atoms with Gasteiger partial charge in [-0.1, -0.05) is 30.3 Å². The Labute approximate surface area is 201 Å². The molecule has 2 aromatic carbocycles. The average Bonchev–Trinajstić information content (AvgIpc) is 2.84. The number of nitrogen functional groups attached to an aromatic ring is 1. The van der Waals surface area contributed by atoms with Crippen molar-refractivity contribution in [1.82, 2.24) is 9.80 Å². The lowest BCUT2D eigenvalue weighted by atomic mass is 10.1. The van der Waals surface area contributed by atoms with Crippen LogP contribution in [-0.4, -0.2) is 77.3 Å². The molecular weight excluding hydrogens is 456 g/mol. The minimum Gasteiger partial charge on any atom is -0.493 e. The summed E-state index contributed by atoms with van der Waals surface area (Å²) in [5.74, 6) is -3.31. The number of rotatable bonds is 11. The second-order valence-corrected chi connectivity index (χ2v) is 7.80. The Morgan fingerprint density at radius 3 is 2.40 bits per heavy atom. The number of piperazine rings is 1. The van der Waals surface area contributed by atoms with Gasteiger partial charge in [-0.05, 0) is 30.2 Å². The van der Waals surface area contributed by atoms with Gasteiger partial charge in [-0.3, -0.25) is 19.8 Å². The minimum absolute atomic E-state index is 0.110. The van der Waals surface area contributed by atoms with Crippen LogP contribution in [0.5, 0.6) is 5.75 Å². The van der Waals surface area contributed by atoms with Gasteiger partial charge in [0.15, 0.2) is 0 Å². The van der Waals surface area contributed by atoms with Gasteiger partial charge in [0.2, 0.25) is 0 Å². The van der Waals surface area contributed by atoms with Gasteiger partial charge in [0.25, 0.3) is 0 Å². The molecule has 0 radical (unpaired) electrons. The first-order chi connectivity index (χ1) is 16.8. The van der Waals surface area contributed by atoms with Crippen molar-refractivity contribution in [3.05, 3.63) is 65.2 Å². The van der Waals surface area contributed by atoms with E-state index in [1.54, 1.807) is 0 Å². The van der Waals surface area contributed by atoms with Gasteiger partial charge < -0.3 is 30.1 Å². The highest BCUT2D eigenvalue weighted by molar-refractivity contribution is 6.35. The zero-order valence-electron chi connectivity index (χ0n) is 18.9. The number of nitrogens with one attached hydrogen (secondary N) is 1. The van der Waals surface area contributed by atoms with Gasteiger partial charge in [0.05, 0.1) is 17.7 Å². The highest BCUT2D eigenvalue weighted by Crippen LogP contribution is 2.21. The van der Waals surface area contributed by atoms with E-state index < -0.39 is 30.3 Å². The van der Waals surface area contributed by atoms with E-state index >= 15 is 0 Å². The molecule has 11 nitrogen and oxygen atoms in total. The van der Waals surface area contributed by atoms with E-state index in [1.807, 2.05) is 30.3 Å². The van der Waals surface area contributed by atoms with Crippen molar-refractivity contribution in [3.8, 4) is 5.75 Å². The molecule has 0 spiro atoms. The predicted molar refractivity (Wildman–Crippen MR) is 124 cm³/mol. The predicted octanol–water partition coefficient (Wildman–Crippen LogP) is 0.852. The fraction of sp³-hybridized carbons (Fsp3) is 0.292. The summed E-state index contributed by atoms with van der Waals surface area (Å²) in [4.78, 5) is 49.7. The third-order valence-electron chi connectivity index (χ3n) is 5.27. The van der Waals surface area contributed by atoms with Crippen LogP contribution < -0.4 is 10.5 Å². The molecule has 1 fully saturated rings. The zero-order valence-corrected chi connectivity index (χ0v) is 18.9. The van der Waals surface area contributed by atoms with Crippen LogP contribution in [0.15, 0.2) is 48.5 Å². The standard InChI is InChI=1S/C24H26N4O7/c25-21(26)18-13-17(24(33)35-15-16-5-2-1-3-6-16)7-8-19(18)34-12-4-9-27-10-11-28(14-20(29)30)23(32)22(27)31/h1-3,5-8,13H,4,9-12,14-15H2,(H3,25,26)(H,29,30). The number of carboxylic acids is 1. The highest BCUT2D eigenvalue weighted by Gasteiger charge is 2.33. The maximum absolute atomic E-state index is 12.4. The molecular formula is C24H26N4O7. The molecule has 1 saturated heterocycles. The molecule has 184 valence electrons. The van der Waals surface area contributed by atoms with Crippen LogP contribution in [0.2, 0.25) is 0 Å². The maximum atomic E-state index is 12.4. The van der Waals surface area contributed by atoms with Crippen molar-refractivity contribution in [2.75, 3.05) is 32.8 Å². The van der Waals surface area contributed by atoms with Gasteiger partial charge in [-0.15, -0.1) is 0 Å². The maximum Gasteiger partial charge on any atom is 0.338 e. The molecule has 0 bridgehead atoms. The molecule has 1 aliphatic heterocycles. The third kappa shape index (κ3) is 6.79. The topological polar surface area (TPSA) is 163 Å². The van der Waals surface area contributed by atoms with Gasteiger partial charge in [0.1, 0.15) is 24.7 Å². The molecule has 1 heterocycles. The van der Waals surface area contributed by atoms with E-state index in [-0.39, 0.29) is 49.8 Å². The molecule has 35 heavy (non-hydrogen) atoms. The molecule has 0 aromatic heterocycles. The molecule has 4 N–H and O–H groups in total. The Hall–Kier alpha value is -4.41. The number of carbonyl (C=O) groups is 4. The lowest BCUT2D eigenvalue weighted by Gasteiger charge is -2.32. The third-order valence-corrected chi connectivity index (χ3v) is 5.27. The lowest BCUT2D eigenvalue weighted by molar-refractivity contribution is -0.158. The van der Waals surface area contributed by atoms with Crippen LogP contribution in [0, 0.1) is 5.41 Å². The van der Waals surface area contributed by atoms with Crippen LogP contribution in [0.4, 0.5) is 0 Å². The fourth-order valence-electron chi connectivity index (χ4n) is 3.48. The summed E-state index contributed by atoms with van der Waals surface area (Å²) in [5.41, 5.74) is 6.96. The van der Waals surface area contributed by atoms with Crippen molar-refractivity contribution in [3.63, 3.8) is 0 Å². The minimum atomic E-state index is -1.18. The molecule has 2 amide bonds. The molecule has 0 aliphatic carbocycles. The smallest absolute Gasteiger partial charge is 0.338 e. The largest absolute Gasteiger partial charge is 0.493 e. The summed E-state index contributed by atoms with van der Waals surface area (Å²) < 4.78 is 11.0. The number of carbonyl (C=O) groups excluding carboxylic acids is 3. The van der Waals surface area contributed by atoms with Crippen LogP contribution in [0.25, 0.3) is 0 Å². The first-order valence-electron chi connectivity index (χ1n) is 10.9. The molecule has 2 aromatic rings. The summed E-state index contributed by atoms with van der Waals surface area (Å²) in [7, 11) is 0. The second-order valence-electron chi connectivity index (χ2n) is 7.80. The van der Waals surface area contributed by atoms with Crippen molar-refractivity contribution in [2.24, 2.45) is 5.73 Å². The first-order valence-corrected chi connectivity index (χ1v) is 10.9. The van der Waals surface area contributed by atoms with E-state index in [9.17, 15) is 19.2 Å². The van der Waals surface area contributed by atoms with E-state index in [4.69, 9.17) is 25.7 Å². The number of carboxylic acid groups (broad SMARTS) is 1. The normalized spacial score (nSPS) is 13.5. The van der Waals surface area contributed by atoms with Crippen molar-refractivity contribution in [1.29, 1.82) is 5.41 Å². The Morgan fingerprint density at radius 2 is 1.71 bits per heavy atom. The number of amidine groups is 1. The summed E-state index contributed by atoms with van der Waals surface area (Å²) in [6.45, 7) is 0.383. The number of esters is 1. The SMILES string of the molecule is N=C(N)c1cc(C(=O)OCc2ccccc2)ccc1OCCCN1CCN(CC(=O)O)C(=O)C1=O. The number of nitrogens with zero attached hydrogens (tertiary/aromatic N) is 2. The number of nitrogens with two attached hydrogens (primary N) is 1. The van der Waals surface area contributed by atoms with Crippen LogP contribution in [0.3, 0.4) is 0 Å². The van der Waals surface area contributed by atoms with Gasteiger partial charge in [-0.2, -0.15) is 0 Å². The van der Waals surface area contributed by atoms with Crippen molar-refractivity contribution in [2.45, 2.75) is 13.0 Å². The number of hydrogen-bond donors (Lipinski definition) is 3. The first kappa shape index (κ1) is 25.2. The molecule has 0 unspecified atom stereocenters.